The van der Waals surface area contributed by atoms with Crippen LogP contribution in [-0.2, 0) is 0 Å². The second-order valence-corrected chi connectivity index (χ2v) is 4.41. The van der Waals surface area contributed by atoms with Gasteiger partial charge in [-0.2, -0.15) is 9.61 Å². The van der Waals surface area contributed by atoms with Crippen molar-refractivity contribution < 1.29 is 0 Å². The van der Waals surface area contributed by atoms with Crippen LogP contribution in [0.25, 0.3) is 17.0 Å². The van der Waals surface area contributed by atoms with Gasteiger partial charge in [0.15, 0.2) is 11.5 Å². The molecule has 90 valence electrons. The first-order valence-electron chi connectivity index (χ1n) is 5.39. The van der Waals surface area contributed by atoms with Crippen LogP contribution in [0.1, 0.15) is 5.69 Å². The summed E-state index contributed by atoms with van der Waals surface area (Å²) in [5.74, 6) is 0.589. The molecule has 0 atom stereocenters. The maximum Gasteiger partial charge on any atom is 0.186 e. The number of aryl methyl sites for hydroxylation is 1. The van der Waals surface area contributed by atoms with E-state index in [0.29, 0.717) is 22.2 Å². The summed E-state index contributed by atoms with van der Waals surface area (Å²) in [6, 6.07) is 8.99. The fourth-order valence-corrected chi connectivity index (χ4v) is 1.96. The maximum absolute atomic E-state index is 6.16. The normalized spacial score (nSPS) is 11.0. The second-order valence-electron chi connectivity index (χ2n) is 4.01. The zero-order valence-electron chi connectivity index (χ0n) is 9.63. The van der Waals surface area contributed by atoms with Crippen LogP contribution in [-0.4, -0.2) is 19.8 Å². The minimum absolute atomic E-state index is 0.571. The van der Waals surface area contributed by atoms with Crippen LogP contribution in [0.3, 0.4) is 0 Å². The Morgan fingerprint density at radius 1 is 1.17 bits per heavy atom. The van der Waals surface area contributed by atoms with Crippen LogP contribution >= 0.6 is 11.6 Å². The summed E-state index contributed by atoms with van der Waals surface area (Å²) >= 11 is 6.16. The summed E-state index contributed by atoms with van der Waals surface area (Å²) in [6.45, 7) is 1.91. The van der Waals surface area contributed by atoms with Gasteiger partial charge in [0.2, 0.25) is 0 Å². The Kier molecular flexibility index (Phi) is 2.41. The monoisotopic (exact) mass is 259 g/mol. The molecule has 2 heterocycles. The highest BCUT2D eigenvalue weighted by atomic mass is 35.5. The van der Waals surface area contributed by atoms with E-state index in [9.17, 15) is 0 Å². The van der Waals surface area contributed by atoms with Gasteiger partial charge in [0.25, 0.3) is 0 Å². The molecule has 0 aliphatic rings. The molecule has 0 fully saturated rings. The van der Waals surface area contributed by atoms with Crippen LogP contribution < -0.4 is 5.73 Å². The minimum Gasteiger partial charge on any atom is -0.399 e. The molecule has 2 aromatic heterocycles. The molecule has 3 rings (SSSR count). The molecule has 0 saturated carbocycles. The van der Waals surface area contributed by atoms with Gasteiger partial charge in [-0.15, -0.1) is 10.2 Å². The van der Waals surface area contributed by atoms with Gasteiger partial charge in [-0.1, -0.05) is 11.6 Å². The number of nitrogen functional groups attached to an aromatic ring is 1. The highest BCUT2D eigenvalue weighted by molar-refractivity contribution is 6.33. The molecule has 3 aromatic rings. The van der Waals surface area contributed by atoms with Gasteiger partial charge in [0.1, 0.15) is 0 Å². The molecule has 0 radical (unpaired) electrons. The van der Waals surface area contributed by atoms with Gasteiger partial charge >= 0.3 is 0 Å². The average Bonchev–Trinajstić information content (AvgIpc) is 2.75. The molecule has 0 amide bonds. The molecule has 0 unspecified atom stereocenters. The average molecular weight is 260 g/mol. The summed E-state index contributed by atoms with van der Waals surface area (Å²) in [5.41, 5.74) is 8.67. The van der Waals surface area contributed by atoms with Crippen molar-refractivity contribution in [2.24, 2.45) is 0 Å². The molecule has 18 heavy (non-hydrogen) atoms. The quantitative estimate of drug-likeness (QED) is 0.681. The van der Waals surface area contributed by atoms with E-state index in [-0.39, 0.29) is 0 Å². The Hall–Kier alpha value is -2.14. The molecule has 0 bridgehead atoms. The highest BCUT2D eigenvalue weighted by Gasteiger charge is 2.12. The molecule has 6 heteroatoms. The number of nitrogens with zero attached hydrogens (tertiary/aromatic N) is 4. The number of hydrogen-bond donors (Lipinski definition) is 1. The zero-order chi connectivity index (χ0) is 12.7. The number of rotatable bonds is 1. The maximum atomic E-state index is 6.16. The Morgan fingerprint density at radius 2 is 2.00 bits per heavy atom. The molecule has 2 N–H and O–H groups in total. The van der Waals surface area contributed by atoms with Crippen molar-refractivity contribution in [2.45, 2.75) is 6.92 Å². The van der Waals surface area contributed by atoms with Gasteiger partial charge < -0.3 is 5.73 Å². The summed E-state index contributed by atoms with van der Waals surface area (Å²) < 4.78 is 1.66. The van der Waals surface area contributed by atoms with Gasteiger partial charge in [0.05, 0.1) is 10.7 Å². The fraction of sp³-hybridized carbons (Fsp3) is 0.0833. The third-order valence-electron chi connectivity index (χ3n) is 2.63. The van der Waals surface area contributed by atoms with Crippen LogP contribution in [0.5, 0.6) is 0 Å². The Bertz CT molecular complexity index is 734. The summed E-state index contributed by atoms with van der Waals surface area (Å²) in [4.78, 5) is 0. The first-order chi connectivity index (χ1) is 8.65. The van der Waals surface area contributed by atoms with Crippen molar-refractivity contribution in [3.05, 3.63) is 41.0 Å². The van der Waals surface area contributed by atoms with Crippen molar-refractivity contribution >= 4 is 22.9 Å². The van der Waals surface area contributed by atoms with Crippen molar-refractivity contribution in [3.63, 3.8) is 0 Å². The lowest BCUT2D eigenvalue weighted by Crippen LogP contribution is -1.97. The molecule has 1 aromatic carbocycles. The van der Waals surface area contributed by atoms with Crippen molar-refractivity contribution in [1.29, 1.82) is 0 Å². The number of anilines is 1. The zero-order valence-corrected chi connectivity index (χ0v) is 10.4. The van der Waals surface area contributed by atoms with Crippen LogP contribution in [0, 0.1) is 6.92 Å². The molecule has 0 saturated heterocycles. The van der Waals surface area contributed by atoms with Gasteiger partial charge in [0, 0.05) is 11.3 Å². The van der Waals surface area contributed by atoms with E-state index < -0.39 is 0 Å². The van der Waals surface area contributed by atoms with E-state index in [1.165, 1.54) is 0 Å². The summed E-state index contributed by atoms with van der Waals surface area (Å²) in [5, 5.41) is 13.1. The predicted octanol–water partition coefficient (Wildman–Crippen LogP) is 2.34. The van der Waals surface area contributed by atoms with Crippen LogP contribution in [0.2, 0.25) is 5.02 Å². The van der Waals surface area contributed by atoms with Crippen molar-refractivity contribution in [2.75, 3.05) is 5.73 Å². The van der Waals surface area contributed by atoms with E-state index in [4.69, 9.17) is 17.3 Å². The lowest BCUT2D eigenvalue weighted by atomic mass is 10.2. The lowest BCUT2D eigenvalue weighted by Gasteiger charge is -2.03. The number of halogens is 1. The number of hydrogen-bond acceptors (Lipinski definition) is 4. The van der Waals surface area contributed by atoms with E-state index in [0.717, 1.165) is 11.3 Å². The van der Waals surface area contributed by atoms with E-state index in [1.807, 2.05) is 19.1 Å². The van der Waals surface area contributed by atoms with Gasteiger partial charge in [-0.25, -0.2) is 0 Å². The molecular weight excluding hydrogens is 250 g/mol. The topological polar surface area (TPSA) is 69.1 Å². The minimum atomic E-state index is 0.571. The standard InChI is InChI=1S/C12H10ClN5/c1-7-2-5-11-15-16-12(18(11)17-7)9-6-8(14)3-4-10(9)13/h2-6H,14H2,1H3. The van der Waals surface area contributed by atoms with Crippen LogP contribution in [0.4, 0.5) is 5.69 Å². The van der Waals surface area contributed by atoms with E-state index in [1.54, 1.807) is 22.7 Å². The fourth-order valence-electron chi connectivity index (χ4n) is 1.76. The predicted molar refractivity (Wildman–Crippen MR) is 70.4 cm³/mol. The third kappa shape index (κ3) is 1.69. The molecule has 0 aliphatic carbocycles. The molecule has 0 aliphatic heterocycles. The Labute approximate surface area is 108 Å². The highest BCUT2D eigenvalue weighted by Crippen LogP contribution is 2.28. The number of fused-ring (bicyclic) bond motifs is 1. The van der Waals surface area contributed by atoms with Crippen molar-refractivity contribution in [1.82, 2.24) is 19.8 Å². The van der Waals surface area contributed by atoms with Gasteiger partial charge in [-0.3, -0.25) is 0 Å². The van der Waals surface area contributed by atoms with Crippen LogP contribution in [0.15, 0.2) is 30.3 Å². The van der Waals surface area contributed by atoms with E-state index >= 15 is 0 Å². The summed E-state index contributed by atoms with van der Waals surface area (Å²) in [7, 11) is 0. The Morgan fingerprint density at radius 3 is 2.83 bits per heavy atom. The molecule has 0 spiro atoms. The molecular formula is C12H10ClN5. The smallest absolute Gasteiger partial charge is 0.186 e. The number of nitrogens with two attached hydrogens (primary N) is 1. The SMILES string of the molecule is Cc1ccc2nnc(-c3cc(N)ccc3Cl)n2n1. The third-order valence-corrected chi connectivity index (χ3v) is 2.96. The number of benzene rings is 1. The first-order valence-corrected chi connectivity index (χ1v) is 5.77. The van der Waals surface area contributed by atoms with Crippen molar-refractivity contribution in [3.8, 4) is 11.4 Å². The number of aromatic nitrogens is 4. The van der Waals surface area contributed by atoms with E-state index in [2.05, 4.69) is 15.3 Å². The lowest BCUT2D eigenvalue weighted by molar-refractivity contribution is 0.902. The summed E-state index contributed by atoms with van der Waals surface area (Å²) in [6.07, 6.45) is 0. The first kappa shape index (κ1) is 11.0. The largest absolute Gasteiger partial charge is 0.399 e. The molecule has 5 nitrogen and oxygen atoms in total. The second kappa shape index (κ2) is 3.96. The Balaban J connectivity index is 2.31. The van der Waals surface area contributed by atoms with Gasteiger partial charge in [-0.05, 0) is 37.3 Å².